The molecule has 0 heterocycles. The summed E-state index contributed by atoms with van der Waals surface area (Å²) in [5.41, 5.74) is 2.63. The van der Waals surface area contributed by atoms with Crippen LogP contribution in [-0.4, -0.2) is 16.8 Å². The first-order valence-electron chi connectivity index (χ1n) is 5.11. The SMILES string of the molecule is CC(C)(C)OC(=O)Nc1ccc(O)cc1NN. The van der Waals surface area contributed by atoms with Crippen LogP contribution in [0.4, 0.5) is 16.2 Å². The minimum absolute atomic E-state index is 0.0488. The first-order valence-corrected chi connectivity index (χ1v) is 5.11. The van der Waals surface area contributed by atoms with Crippen molar-refractivity contribution in [2.45, 2.75) is 26.4 Å². The molecule has 5 N–H and O–H groups in total. The van der Waals surface area contributed by atoms with Gasteiger partial charge in [0.05, 0.1) is 11.4 Å². The number of hydrogen-bond acceptors (Lipinski definition) is 5. The first kappa shape index (κ1) is 13.1. The average molecular weight is 239 g/mol. The van der Waals surface area contributed by atoms with Gasteiger partial charge in [0.2, 0.25) is 0 Å². The van der Waals surface area contributed by atoms with Crippen LogP contribution in [-0.2, 0) is 4.74 Å². The monoisotopic (exact) mass is 239 g/mol. The number of anilines is 2. The van der Waals surface area contributed by atoms with Crippen molar-refractivity contribution in [3.05, 3.63) is 18.2 Å². The Balaban J connectivity index is 2.78. The Kier molecular flexibility index (Phi) is 3.80. The summed E-state index contributed by atoms with van der Waals surface area (Å²) in [5, 5.41) is 11.8. The van der Waals surface area contributed by atoms with Gasteiger partial charge in [0.15, 0.2) is 0 Å². The lowest BCUT2D eigenvalue weighted by Gasteiger charge is -2.20. The Hall–Kier alpha value is -1.95. The molecule has 0 unspecified atom stereocenters. The van der Waals surface area contributed by atoms with Crippen molar-refractivity contribution >= 4 is 17.5 Å². The molecule has 0 aromatic heterocycles. The molecule has 94 valence electrons. The molecule has 0 spiro atoms. The van der Waals surface area contributed by atoms with Gasteiger partial charge in [0.1, 0.15) is 11.4 Å². The van der Waals surface area contributed by atoms with E-state index in [1.54, 1.807) is 20.8 Å². The lowest BCUT2D eigenvalue weighted by atomic mass is 10.2. The molecule has 1 aromatic carbocycles. The second-order valence-electron chi connectivity index (χ2n) is 4.50. The van der Waals surface area contributed by atoms with E-state index >= 15 is 0 Å². The number of ether oxygens (including phenoxy) is 1. The summed E-state index contributed by atoms with van der Waals surface area (Å²) in [5.74, 6) is 5.32. The lowest BCUT2D eigenvalue weighted by Crippen LogP contribution is -2.27. The number of phenols is 1. The molecule has 6 nitrogen and oxygen atoms in total. The average Bonchev–Trinajstić information content (AvgIpc) is 2.17. The third-order valence-corrected chi connectivity index (χ3v) is 1.79. The number of amides is 1. The van der Waals surface area contributed by atoms with E-state index in [-0.39, 0.29) is 5.75 Å². The van der Waals surface area contributed by atoms with Crippen LogP contribution in [0.3, 0.4) is 0 Å². The molecular formula is C11H17N3O3. The Labute approximate surface area is 99.7 Å². The molecular weight excluding hydrogens is 222 g/mol. The van der Waals surface area contributed by atoms with Crippen LogP contribution in [0.5, 0.6) is 5.75 Å². The van der Waals surface area contributed by atoms with Gasteiger partial charge in [-0.15, -0.1) is 0 Å². The maximum Gasteiger partial charge on any atom is 0.412 e. The molecule has 0 radical (unpaired) electrons. The van der Waals surface area contributed by atoms with Crippen LogP contribution in [0, 0.1) is 0 Å². The van der Waals surface area contributed by atoms with E-state index < -0.39 is 11.7 Å². The Morgan fingerprint density at radius 1 is 1.35 bits per heavy atom. The van der Waals surface area contributed by atoms with Crippen LogP contribution in [0.2, 0.25) is 0 Å². The standard InChI is InChI=1S/C11H17N3O3/c1-11(2,3)17-10(16)13-8-5-4-7(15)6-9(8)14-12/h4-6,14-15H,12H2,1-3H3,(H,13,16). The molecule has 0 aliphatic rings. The van der Waals surface area contributed by atoms with Crippen LogP contribution < -0.4 is 16.6 Å². The van der Waals surface area contributed by atoms with Gasteiger partial charge in [0, 0.05) is 6.07 Å². The Morgan fingerprint density at radius 2 is 2.00 bits per heavy atom. The van der Waals surface area contributed by atoms with Gasteiger partial charge >= 0.3 is 6.09 Å². The number of carbonyl (C=O) groups excluding carboxylic acids is 1. The molecule has 1 rings (SSSR count). The molecule has 0 aliphatic heterocycles. The van der Waals surface area contributed by atoms with Crippen LogP contribution >= 0.6 is 0 Å². The Bertz CT molecular complexity index is 413. The fraction of sp³-hybridized carbons (Fsp3) is 0.364. The van der Waals surface area contributed by atoms with E-state index in [0.29, 0.717) is 11.4 Å². The fourth-order valence-corrected chi connectivity index (χ4v) is 1.17. The number of aromatic hydroxyl groups is 1. The number of phenolic OH excluding ortho intramolecular Hbond substituents is 1. The van der Waals surface area contributed by atoms with Crippen molar-refractivity contribution < 1.29 is 14.6 Å². The van der Waals surface area contributed by atoms with Gasteiger partial charge in [-0.3, -0.25) is 11.2 Å². The maximum atomic E-state index is 11.5. The van der Waals surface area contributed by atoms with Crippen LogP contribution in [0.15, 0.2) is 18.2 Å². The van der Waals surface area contributed by atoms with Gasteiger partial charge in [-0.25, -0.2) is 4.79 Å². The van der Waals surface area contributed by atoms with E-state index in [0.717, 1.165) is 0 Å². The number of rotatable bonds is 2. The normalized spacial score (nSPS) is 10.8. The van der Waals surface area contributed by atoms with E-state index in [4.69, 9.17) is 10.6 Å². The molecule has 0 bridgehead atoms. The molecule has 1 aromatic rings. The zero-order valence-electron chi connectivity index (χ0n) is 10.1. The van der Waals surface area contributed by atoms with E-state index in [1.807, 2.05) is 0 Å². The Morgan fingerprint density at radius 3 is 2.53 bits per heavy atom. The minimum atomic E-state index is -0.584. The van der Waals surface area contributed by atoms with E-state index in [9.17, 15) is 9.90 Å². The van der Waals surface area contributed by atoms with Crippen molar-refractivity contribution in [1.82, 2.24) is 0 Å². The molecule has 6 heteroatoms. The third-order valence-electron chi connectivity index (χ3n) is 1.79. The van der Waals surface area contributed by atoms with Crippen LogP contribution in [0.25, 0.3) is 0 Å². The third kappa shape index (κ3) is 4.20. The van der Waals surface area contributed by atoms with Crippen LogP contribution in [0.1, 0.15) is 20.8 Å². The molecule has 1 amide bonds. The number of hydrazine groups is 1. The van der Waals surface area contributed by atoms with Crippen molar-refractivity contribution in [2.24, 2.45) is 5.84 Å². The number of nitrogens with one attached hydrogen (secondary N) is 2. The maximum absolute atomic E-state index is 11.5. The molecule has 0 saturated carbocycles. The fourth-order valence-electron chi connectivity index (χ4n) is 1.17. The summed E-state index contributed by atoms with van der Waals surface area (Å²) in [6, 6.07) is 4.36. The highest BCUT2D eigenvalue weighted by Gasteiger charge is 2.17. The van der Waals surface area contributed by atoms with Gasteiger partial charge in [-0.05, 0) is 32.9 Å². The molecule has 0 aliphatic carbocycles. The summed E-state index contributed by atoms with van der Waals surface area (Å²) in [6.07, 6.45) is -0.584. The zero-order chi connectivity index (χ0) is 13.1. The highest BCUT2D eigenvalue weighted by atomic mass is 16.6. The number of nitrogens with two attached hydrogens (primary N) is 1. The molecule has 0 atom stereocenters. The number of hydrogen-bond donors (Lipinski definition) is 4. The zero-order valence-corrected chi connectivity index (χ0v) is 10.1. The van der Waals surface area contributed by atoms with Gasteiger partial charge in [-0.1, -0.05) is 0 Å². The first-order chi connectivity index (χ1) is 7.81. The van der Waals surface area contributed by atoms with Crippen molar-refractivity contribution in [3.8, 4) is 5.75 Å². The second-order valence-corrected chi connectivity index (χ2v) is 4.50. The number of benzene rings is 1. The quantitative estimate of drug-likeness (QED) is 0.359. The highest BCUT2D eigenvalue weighted by molar-refractivity contribution is 5.89. The summed E-state index contributed by atoms with van der Waals surface area (Å²) in [6.45, 7) is 5.31. The van der Waals surface area contributed by atoms with Crippen molar-refractivity contribution in [1.29, 1.82) is 0 Å². The molecule has 0 saturated heterocycles. The van der Waals surface area contributed by atoms with E-state index in [2.05, 4.69) is 10.7 Å². The van der Waals surface area contributed by atoms with Gasteiger partial charge in [0.25, 0.3) is 0 Å². The molecule has 17 heavy (non-hydrogen) atoms. The predicted molar refractivity (Wildman–Crippen MR) is 65.8 cm³/mol. The van der Waals surface area contributed by atoms with E-state index in [1.165, 1.54) is 18.2 Å². The highest BCUT2D eigenvalue weighted by Crippen LogP contribution is 2.25. The summed E-state index contributed by atoms with van der Waals surface area (Å²) >= 11 is 0. The van der Waals surface area contributed by atoms with Crippen molar-refractivity contribution in [3.63, 3.8) is 0 Å². The second kappa shape index (κ2) is 4.92. The topological polar surface area (TPSA) is 96.6 Å². The smallest absolute Gasteiger partial charge is 0.412 e. The largest absolute Gasteiger partial charge is 0.508 e. The molecule has 0 fully saturated rings. The summed E-state index contributed by atoms with van der Waals surface area (Å²) < 4.78 is 5.09. The summed E-state index contributed by atoms with van der Waals surface area (Å²) in [7, 11) is 0. The van der Waals surface area contributed by atoms with Crippen molar-refractivity contribution in [2.75, 3.05) is 10.7 Å². The van der Waals surface area contributed by atoms with Gasteiger partial charge in [-0.2, -0.15) is 0 Å². The number of nitrogen functional groups attached to an aromatic ring is 1. The number of carbonyl (C=O) groups is 1. The van der Waals surface area contributed by atoms with Gasteiger partial charge < -0.3 is 15.3 Å². The summed E-state index contributed by atoms with van der Waals surface area (Å²) in [4.78, 5) is 11.5. The predicted octanol–water partition coefficient (Wildman–Crippen LogP) is 2.02. The lowest BCUT2D eigenvalue weighted by molar-refractivity contribution is 0.0636. The minimum Gasteiger partial charge on any atom is -0.508 e.